The summed E-state index contributed by atoms with van der Waals surface area (Å²) < 4.78 is 0. The Morgan fingerprint density at radius 1 is 1.60 bits per heavy atom. The van der Waals surface area contributed by atoms with E-state index in [0.717, 1.165) is 0 Å². The van der Waals surface area contributed by atoms with E-state index in [4.69, 9.17) is 0 Å². The van der Waals surface area contributed by atoms with Crippen molar-refractivity contribution in [1.29, 1.82) is 0 Å². The van der Waals surface area contributed by atoms with Gasteiger partial charge in [0.2, 0.25) is 15.2 Å². The van der Waals surface area contributed by atoms with Gasteiger partial charge in [0.15, 0.2) is 0 Å². The molecule has 0 nitrogen and oxygen atoms in total. The third kappa shape index (κ3) is 1.23. The van der Waals surface area contributed by atoms with E-state index < -0.39 is 0 Å². The zero-order valence-corrected chi connectivity index (χ0v) is 5.74. The van der Waals surface area contributed by atoms with E-state index in [1.807, 2.05) is 0 Å². The Morgan fingerprint density at radius 2 is 2.60 bits per heavy atom. The highest BCUT2D eigenvalue weighted by Crippen LogP contribution is 2.16. The maximum absolute atomic E-state index is 1.67. The Bertz CT molecular complexity index is 18.5. The maximum atomic E-state index is 1.67. The lowest BCUT2D eigenvalue weighted by Gasteiger charge is -1.71. The molecule has 0 radical (unpaired) electrons. The summed E-state index contributed by atoms with van der Waals surface area (Å²) in [6.45, 7) is 0. The summed E-state index contributed by atoms with van der Waals surface area (Å²) >= 11 is 0.556. The van der Waals surface area contributed by atoms with Crippen LogP contribution in [0, 0.1) is 0 Å². The second-order valence-electron chi connectivity index (χ2n) is 1.46. The van der Waals surface area contributed by atoms with Crippen molar-refractivity contribution in [3.05, 3.63) is 0 Å². The van der Waals surface area contributed by atoms with Gasteiger partial charge in [-0.3, -0.25) is 0 Å². The molecule has 0 amide bonds. The largest absolute Gasteiger partial charge is 0.242 e. The molecule has 0 aromatic rings. The summed E-state index contributed by atoms with van der Waals surface area (Å²) in [6, 6.07) is 0. The Labute approximate surface area is 40.8 Å². The summed E-state index contributed by atoms with van der Waals surface area (Å²) in [5.74, 6) is 0. The van der Waals surface area contributed by atoms with Crippen molar-refractivity contribution in [3.63, 3.8) is 0 Å². The maximum Gasteiger partial charge on any atom is 0.242 e. The van der Waals surface area contributed by atoms with Crippen molar-refractivity contribution in [3.8, 4) is 0 Å². The van der Waals surface area contributed by atoms with E-state index in [1.165, 1.54) is 8.58 Å². The zero-order valence-electron chi connectivity index (χ0n) is 3.33. The minimum Gasteiger partial charge on any atom is -0.137 e. The molecular weight excluding hydrogens is 94.0 g/mol. The highest BCUT2D eigenvalue weighted by atomic mass is 31.1. The molecule has 0 spiro atoms. The van der Waals surface area contributed by atoms with Crippen molar-refractivity contribution >= 4 is 23.8 Å². The highest BCUT2D eigenvalue weighted by Gasteiger charge is 1.99. The predicted molar refractivity (Wildman–Crippen MR) is 30.0 cm³/mol. The number of hydrogen-bond acceptors (Lipinski definition) is 0. The first kappa shape index (κ1) is 4.13. The molecule has 1 aliphatic heterocycles. The first-order chi connectivity index (χ1) is 2.50. The lowest BCUT2D eigenvalue weighted by molar-refractivity contribution is 1.51. The van der Waals surface area contributed by atoms with Gasteiger partial charge in [0, 0.05) is 0 Å². The lowest BCUT2D eigenvalue weighted by Crippen LogP contribution is -1.78. The molecule has 1 fully saturated rings. The van der Waals surface area contributed by atoms with Crippen molar-refractivity contribution in [1.82, 2.24) is 0 Å². The Kier molecular flexibility index (Phi) is 1.81. The van der Waals surface area contributed by atoms with Crippen molar-refractivity contribution in [2.75, 3.05) is 11.2 Å². The fourth-order valence-electron chi connectivity index (χ4n) is 0.625. The van der Waals surface area contributed by atoms with Gasteiger partial charge >= 0.3 is 0 Å². The summed E-state index contributed by atoms with van der Waals surface area (Å²) in [4.78, 5) is 0. The molecule has 1 aliphatic rings. The van der Waals surface area contributed by atoms with E-state index in [0.29, 0.717) is 15.2 Å². The monoisotopic (exact) mass is 102 g/mol. The molecule has 0 aromatic carbocycles. The van der Waals surface area contributed by atoms with Crippen LogP contribution in [-0.2, 0) is 0 Å². The van der Waals surface area contributed by atoms with Crippen LogP contribution in [0.5, 0.6) is 0 Å². The third-order valence-electron chi connectivity index (χ3n) is 0.957. The standard InChI is InChI=1S/C3H7P.Al.H/c1-3-4-2;;/h4H,1-3H2;;. The molecule has 0 saturated carbocycles. The molecule has 1 unspecified atom stereocenters. The van der Waals surface area contributed by atoms with Gasteiger partial charge in [-0.25, -0.2) is 0 Å². The van der Waals surface area contributed by atoms with Crippen LogP contribution >= 0.6 is 8.58 Å². The first-order valence-corrected chi connectivity index (χ1v) is 5.62. The molecule has 1 heterocycles. The molecular formula is C3H8AlP. The van der Waals surface area contributed by atoms with E-state index in [1.54, 1.807) is 16.5 Å². The molecule has 2 heteroatoms. The van der Waals surface area contributed by atoms with Gasteiger partial charge in [0.1, 0.15) is 0 Å². The van der Waals surface area contributed by atoms with Gasteiger partial charge in [-0.2, -0.15) is 0 Å². The van der Waals surface area contributed by atoms with Crippen molar-refractivity contribution in [2.24, 2.45) is 0 Å². The zero-order chi connectivity index (χ0) is 3.54. The van der Waals surface area contributed by atoms with Crippen LogP contribution in [0.3, 0.4) is 0 Å². The smallest absolute Gasteiger partial charge is 0.137 e. The Morgan fingerprint density at radius 3 is 2.80 bits per heavy atom. The SMILES string of the molecule is [CH2]1CP[CH2][AlH]1. The quantitative estimate of drug-likeness (QED) is 0.308. The second-order valence-corrected chi connectivity index (χ2v) is 5.87. The van der Waals surface area contributed by atoms with E-state index in [2.05, 4.69) is 0 Å². The van der Waals surface area contributed by atoms with Gasteiger partial charge in [0.05, 0.1) is 0 Å². The molecule has 28 valence electrons. The van der Waals surface area contributed by atoms with Crippen LogP contribution in [0.15, 0.2) is 0 Å². The van der Waals surface area contributed by atoms with Crippen molar-refractivity contribution < 1.29 is 0 Å². The molecule has 1 rings (SSSR count). The molecule has 0 N–H and O–H groups in total. The fraction of sp³-hybridized carbons (Fsp3) is 1.00. The van der Waals surface area contributed by atoms with Crippen LogP contribution in [0.4, 0.5) is 0 Å². The molecule has 0 aliphatic carbocycles. The summed E-state index contributed by atoms with van der Waals surface area (Å²) in [5, 5.41) is 3.32. The predicted octanol–water partition coefficient (Wildman–Crippen LogP) is 0.491. The van der Waals surface area contributed by atoms with Gasteiger partial charge in [-0.05, 0) is 6.16 Å². The molecule has 0 aromatic heterocycles. The van der Waals surface area contributed by atoms with Gasteiger partial charge in [-0.15, -0.1) is 8.58 Å². The van der Waals surface area contributed by atoms with Gasteiger partial charge < -0.3 is 0 Å². The lowest BCUT2D eigenvalue weighted by atomic mass is 11.0. The van der Waals surface area contributed by atoms with Crippen LogP contribution in [0.2, 0.25) is 5.28 Å². The molecule has 5 heavy (non-hydrogen) atoms. The molecule has 1 saturated heterocycles. The average Bonchev–Trinajstić information content (AvgIpc) is 1.76. The minimum absolute atomic E-state index is 0.556. The van der Waals surface area contributed by atoms with Crippen molar-refractivity contribution in [2.45, 2.75) is 5.28 Å². The summed E-state index contributed by atoms with van der Waals surface area (Å²) in [7, 11) is 1.37. The third-order valence-corrected chi connectivity index (χ3v) is 6.05. The Hall–Kier alpha value is 0.962. The van der Waals surface area contributed by atoms with E-state index in [-0.39, 0.29) is 0 Å². The van der Waals surface area contributed by atoms with Crippen LogP contribution in [0.1, 0.15) is 0 Å². The normalized spacial score (nSPS) is 27.2. The fourth-order valence-corrected chi connectivity index (χ4v) is 5.62. The van der Waals surface area contributed by atoms with Crippen LogP contribution in [-0.4, -0.2) is 26.4 Å². The van der Waals surface area contributed by atoms with E-state index in [9.17, 15) is 0 Å². The number of hydrogen-bond donors (Lipinski definition) is 0. The van der Waals surface area contributed by atoms with E-state index >= 15 is 0 Å². The topological polar surface area (TPSA) is 0 Å². The first-order valence-electron chi connectivity index (χ1n) is 2.21. The molecule has 0 bridgehead atoms. The van der Waals surface area contributed by atoms with Gasteiger partial charge in [0.25, 0.3) is 0 Å². The Balaban J connectivity index is 2.08. The number of rotatable bonds is 0. The summed E-state index contributed by atoms with van der Waals surface area (Å²) in [5.41, 5.74) is 0. The van der Waals surface area contributed by atoms with Crippen LogP contribution in [0.25, 0.3) is 0 Å². The van der Waals surface area contributed by atoms with Crippen LogP contribution < -0.4 is 0 Å². The second kappa shape index (κ2) is 2.19. The highest BCUT2D eigenvalue weighted by molar-refractivity contribution is 7.42. The summed E-state index contributed by atoms with van der Waals surface area (Å²) in [6.07, 6.45) is 1.59. The molecule has 1 atom stereocenters. The minimum atomic E-state index is 0.556. The van der Waals surface area contributed by atoms with Gasteiger partial charge in [-0.1, -0.05) is 10.3 Å². The average molecular weight is 102 g/mol.